The maximum Gasteiger partial charge on any atom is 0.158 e. The highest BCUT2D eigenvalue weighted by atomic mass is 15.3. The van der Waals surface area contributed by atoms with Crippen molar-refractivity contribution in [3.05, 3.63) is 23.9 Å². The van der Waals surface area contributed by atoms with Gasteiger partial charge in [0.25, 0.3) is 0 Å². The molecule has 1 aromatic rings. The van der Waals surface area contributed by atoms with Crippen molar-refractivity contribution in [2.24, 2.45) is 0 Å². The van der Waals surface area contributed by atoms with Gasteiger partial charge in [-0.05, 0) is 20.8 Å². The first-order valence-electron chi connectivity index (χ1n) is 4.37. The molecule has 0 atom stereocenters. The van der Waals surface area contributed by atoms with Crippen LogP contribution in [0.1, 0.15) is 25.5 Å². The zero-order chi connectivity index (χ0) is 9.64. The van der Waals surface area contributed by atoms with Crippen LogP contribution in [0.25, 0.3) is 0 Å². The van der Waals surface area contributed by atoms with E-state index in [2.05, 4.69) is 40.5 Å². The fraction of sp³-hybridized carbons (Fsp3) is 0.556. The van der Waals surface area contributed by atoms with Crippen molar-refractivity contribution in [2.45, 2.75) is 32.9 Å². The molecule has 2 rings (SSSR count). The molecule has 0 radical (unpaired) electrons. The molecular formula is C9H14N4. The number of rotatable bonds is 0. The summed E-state index contributed by atoms with van der Waals surface area (Å²) in [5, 5.41) is 11.5. The van der Waals surface area contributed by atoms with Crippen molar-refractivity contribution in [1.29, 1.82) is 0 Å². The topological polar surface area (TPSA) is 42.7 Å². The van der Waals surface area contributed by atoms with Crippen molar-refractivity contribution >= 4 is 0 Å². The molecule has 70 valence electrons. The number of aryl methyl sites for hydroxylation is 1. The van der Waals surface area contributed by atoms with Gasteiger partial charge >= 0.3 is 0 Å². The summed E-state index contributed by atoms with van der Waals surface area (Å²) in [6.07, 6.45) is 0. The zero-order valence-corrected chi connectivity index (χ0v) is 8.26. The van der Waals surface area contributed by atoms with Gasteiger partial charge in [0.2, 0.25) is 0 Å². The van der Waals surface area contributed by atoms with Crippen LogP contribution < -0.4 is 5.32 Å². The SMILES string of the molecule is C=C1Cn2c(C)nnc2C(C)(C)N1. The highest BCUT2D eigenvalue weighted by molar-refractivity contribution is 5.16. The van der Waals surface area contributed by atoms with Gasteiger partial charge in [-0.15, -0.1) is 10.2 Å². The van der Waals surface area contributed by atoms with Crippen LogP contribution in [0, 0.1) is 6.92 Å². The molecule has 1 N–H and O–H groups in total. The van der Waals surface area contributed by atoms with Gasteiger partial charge in [-0.2, -0.15) is 0 Å². The molecule has 0 bridgehead atoms. The molecule has 13 heavy (non-hydrogen) atoms. The van der Waals surface area contributed by atoms with Gasteiger partial charge in [-0.3, -0.25) is 0 Å². The van der Waals surface area contributed by atoms with Crippen LogP contribution in [0.5, 0.6) is 0 Å². The summed E-state index contributed by atoms with van der Waals surface area (Å²) in [4.78, 5) is 0. The maximum absolute atomic E-state index is 4.15. The molecule has 0 aliphatic carbocycles. The van der Waals surface area contributed by atoms with Crippen LogP contribution >= 0.6 is 0 Å². The Morgan fingerprint density at radius 1 is 1.46 bits per heavy atom. The number of hydrogen-bond donors (Lipinski definition) is 1. The lowest BCUT2D eigenvalue weighted by atomic mass is 10.0. The summed E-state index contributed by atoms with van der Waals surface area (Å²) in [7, 11) is 0. The van der Waals surface area contributed by atoms with Crippen molar-refractivity contribution < 1.29 is 0 Å². The van der Waals surface area contributed by atoms with Crippen molar-refractivity contribution in [1.82, 2.24) is 20.1 Å². The average Bonchev–Trinajstić information content (AvgIpc) is 2.31. The Bertz CT molecular complexity index is 362. The third-order valence-corrected chi connectivity index (χ3v) is 2.33. The third-order valence-electron chi connectivity index (χ3n) is 2.33. The van der Waals surface area contributed by atoms with Crippen molar-refractivity contribution in [3.8, 4) is 0 Å². The lowest BCUT2D eigenvalue weighted by Crippen LogP contribution is -2.43. The molecule has 0 spiro atoms. The Balaban J connectivity index is 2.57. The summed E-state index contributed by atoms with van der Waals surface area (Å²) in [6, 6.07) is 0. The molecule has 4 nitrogen and oxygen atoms in total. The van der Waals surface area contributed by atoms with E-state index >= 15 is 0 Å². The number of fused-ring (bicyclic) bond motifs is 1. The number of nitrogens with zero attached hydrogens (tertiary/aromatic N) is 3. The Morgan fingerprint density at radius 2 is 2.15 bits per heavy atom. The zero-order valence-electron chi connectivity index (χ0n) is 8.26. The molecule has 0 amide bonds. The van der Waals surface area contributed by atoms with Crippen molar-refractivity contribution in [2.75, 3.05) is 0 Å². The Morgan fingerprint density at radius 3 is 2.85 bits per heavy atom. The van der Waals surface area contributed by atoms with Gasteiger partial charge in [0.1, 0.15) is 5.82 Å². The van der Waals surface area contributed by atoms with E-state index in [4.69, 9.17) is 0 Å². The summed E-state index contributed by atoms with van der Waals surface area (Å²) in [5.41, 5.74) is 0.858. The smallest absolute Gasteiger partial charge is 0.158 e. The normalized spacial score (nSPS) is 19.5. The second-order valence-corrected chi connectivity index (χ2v) is 4.01. The molecule has 0 fully saturated rings. The van der Waals surface area contributed by atoms with Crippen LogP contribution in [-0.2, 0) is 12.1 Å². The van der Waals surface area contributed by atoms with Crippen LogP contribution in [0.4, 0.5) is 0 Å². The largest absolute Gasteiger partial charge is 0.375 e. The summed E-state index contributed by atoms with van der Waals surface area (Å²) < 4.78 is 2.10. The third kappa shape index (κ3) is 1.13. The molecule has 1 aliphatic rings. The van der Waals surface area contributed by atoms with Gasteiger partial charge in [-0.25, -0.2) is 0 Å². The second-order valence-electron chi connectivity index (χ2n) is 4.01. The van der Waals surface area contributed by atoms with E-state index in [-0.39, 0.29) is 5.54 Å². The highest BCUT2D eigenvalue weighted by Crippen LogP contribution is 2.24. The Kier molecular flexibility index (Phi) is 1.49. The van der Waals surface area contributed by atoms with E-state index in [9.17, 15) is 0 Å². The van der Waals surface area contributed by atoms with E-state index in [0.717, 1.165) is 23.9 Å². The quantitative estimate of drug-likeness (QED) is 0.643. The standard InChI is InChI=1S/C9H14N4/c1-6-5-13-7(2)11-12-8(13)9(3,4)10-6/h10H,1,5H2,2-4H3. The summed E-state index contributed by atoms with van der Waals surface area (Å²) in [5.74, 6) is 1.93. The number of aromatic nitrogens is 3. The van der Waals surface area contributed by atoms with E-state index < -0.39 is 0 Å². The maximum atomic E-state index is 4.15. The van der Waals surface area contributed by atoms with E-state index in [0.29, 0.717) is 0 Å². The van der Waals surface area contributed by atoms with Gasteiger partial charge in [0.15, 0.2) is 5.82 Å². The minimum atomic E-state index is -0.156. The minimum absolute atomic E-state index is 0.156. The van der Waals surface area contributed by atoms with E-state index in [1.54, 1.807) is 0 Å². The van der Waals surface area contributed by atoms with Gasteiger partial charge in [-0.1, -0.05) is 6.58 Å². The molecule has 4 heteroatoms. The van der Waals surface area contributed by atoms with Crippen LogP contribution in [0.15, 0.2) is 12.3 Å². The predicted molar refractivity (Wildman–Crippen MR) is 50.1 cm³/mol. The summed E-state index contributed by atoms with van der Waals surface area (Å²) in [6.45, 7) is 10.8. The lowest BCUT2D eigenvalue weighted by molar-refractivity contribution is 0.356. The van der Waals surface area contributed by atoms with Gasteiger partial charge in [0, 0.05) is 5.70 Å². The molecule has 1 aliphatic heterocycles. The fourth-order valence-electron chi connectivity index (χ4n) is 1.76. The number of nitrogens with one attached hydrogen (secondary N) is 1. The number of allylic oxidation sites excluding steroid dienone is 1. The Labute approximate surface area is 77.7 Å². The molecular weight excluding hydrogens is 164 g/mol. The molecule has 0 saturated carbocycles. The molecule has 1 aromatic heterocycles. The lowest BCUT2D eigenvalue weighted by Gasteiger charge is -2.33. The first-order valence-corrected chi connectivity index (χ1v) is 4.37. The van der Waals surface area contributed by atoms with Gasteiger partial charge in [0.05, 0.1) is 12.1 Å². The van der Waals surface area contributed by atoms with Crippen LogP contribution in [-0.4, -0.2) is 14.8 Å². The monoisotopic (exact) mass is 178 g/mol. The highest BCUT2D eigenvalue weighted by Gasteiger charge is 2.31. The first-order chi connectivity index (χ1) is 6.00. The van der Waals surface area contributed by atoms with E-state index in [1.165, 1.54) is 0 Å². The molecule has 2 heterocycles. The van der Waals surface area contributed by atoms with Crippen molar-refractivity contribution in [3.63, 3.8) is 0 Å². The summed E-state index contributed by atoms with van der Waals surface area (Å²) >= 11 is 0. The predicted octanol–water partition coefficient (Wildman–Crippen LogP) is 0.939. The van der Waals surface area contributed by atoms with Gasteiger partial charge < -0.3 is 9.88 Å². The minimum Gasteiger partial charge on any atom is -0.375 e. The molecule has 0 aromatic carbocycles. The first kappa shape index (κ1) is 8.29. The van der Waals surface area contributed by atoms with Crippen LogP contribution in [0.3, 0.4) is 0 Å². The second kappa shape index (κ2) is 2.34. The number of hydrogen-bond acceptors (Lipinski definition) is 3. The van der Waals surface area contributed by atoms with E-state index in [1.807, 2.05) is 6.92 Å². The molecule has 0 unspecified atom stereocenters. The molecule has 0 saturated heterocycles. The average molecular weight is 178 g/mol. The van der Waals surface area contributed by atoms with Crippen LogP contribution in [0.2, 0.25) is 0 Å². The fourth-order valence-corrected chi connectivity index (χ4v) is 1.76. The Hall–Kier alpha value is -1.32.